The van der Waals surface area contributed by atoms with E-state index in [4.69, 9.17) is 33.7 Å². The summed E-state index contributed by atoms with van der Waals surface area (Å²) in [7, 11) is 0. The van der Waals surface area contributed by atoms with E-state index >= 15 is 0 Å². The van der Waals surface area contributed by atoms with Crippen molar-refractivity contribution in [2.45, 2.75) is 6.18 Å². The maximum atomic E-state index is 13.0. The number of hydrogen-bond donors (Lipinski definition) is 1. The molecule has 0 amide bonds. The predicted octanol–water partition coefficient (Wildman–Crippen LogP) is 5.18. The van der Waals surface area contributed by atoms with Gasteiger partial charge in [-0.15, -0.1) is 10.2 Å². The molecule has 6 nitrogen and oxygen atoms in total. The number of hydrogen-bond acceptors (Lipinski definition) is 6. The largest absolute Gasteiger partial charge is 0.492 e. The second-order valence-electron chi connectivity index (χ2n) is 6.12. The van der Waals surface area contributed by atoms with Crippen LogP contribution in [0, 0.1) is 0 Å². The van der Waals surface area contributed by atoms with Crippen molar-refractivity contribution in [3.8, 4) is 27.0 Å². The van der Waals surface area contributed by atoms with E-state index in [0.29, 0.717) is 45.2 Å². The van der Waals surface area contributed by atoms with Crippen LogP contribution in [0.4, 0.5) is 13.2 Å². The number of nitrogens with zero attached hydrogens (tertiary/aromatic N) is 4. The Morgan fingerprint density at radius 2 is 1.83 bits per heavy atom. The smallest absolute Gasteiger partial charge is 0.417 e. The number of imidazole rings is 1. The molecule has 0 unspecified atom stereocenters. The number of rotatable bonds is 5. The minimum absolute atomic E-state index is 0.114. The van der Waals surface area contributed by atoms with Gasteiger partial charge in [0.2, 0.25) is 0 Å². The highest BCUT2D eigenvalue weighted by atomic mass is 35.5. The molecule has 0 aliphatic carbocycles. The number of ether oxygens (including phenoxy) is 1. The number of benzene rings is 1. The van der Waals surface area contributed by atoms with E-state index in [1.54, 1.807) is 18.2 Å². The Balaban J connectivity index is 1.67. The Bertz CT molecular complexity index is 1220. The average Bonchev–Trinajstić information content (AvgIpc) is 3.33. The van der Waals surface area contributed by atoms with Crippen LogP contribution in [0.25, 0.3) is 26.9 Å². The van der Waals surface area contributed by atoms with Gasteiger partial charge in [0.05, 0.1) is 15.6 Å². The second-order valence-corrected chi connectivity index (χ2v) is 7.91. The number of fused-ring (bicyclic) bond motifs is 1. The summed E-state index contributed by atoms with van der Waals surface area (Å²) in [5.41, 5.74) is 5.72. The van der Waals surface area contributed by atoms with Crippen LogP contribution in [-0.4, -0.2) is 32.7 Å². The molecular formula is C18H12Cl2F3N5OS. The molecular weight excluding hydrogens is 462 g/mol. The molecule has 0 saturated carbocycles. The van der Waals surface area contributed by atoms with Crippen molar-refractivity contribution in [3.63, 3.8) is 0 Å². The van der Waals surface area contributed by atoms with Gasteiger partial charge in [-0.3, -0.25) is 0 Å². The minimum Gasteiger partial charge on any atom is -0.492 e. The number of aromatic nitrogens is 4. The molecule has 0 fully saturated rings. The molecule has 0 radical (unpaired) electrons. The standard InChI is InChI=1S/C18H12Cl2F3N5OS/c19-12-6-10(29-4-3-24)1-2-11(12)16-26-27-17(30-16)14-8-28-7-9(18(21,22)23)5-13(20)15(28)25-14/h1-2,5-8H,3-4,24H2. The molecule has 0 bridgehead atoms. The van der Waals surface area contributed by atoms with Crippen molar-refractivity contribution in [2.75, 3.05) is 13.2 Å². The second kappa shape index (κ2) is 8.03. The molecule has 3 aromatic heterocycles. The lowest BCUT2D eigenvalue weighted by Crippen LogP contribution is -2.10. The van der Waals surface area contributed by atoms with Crippen LogP contribution in [0.5, 0.6) is 5.75 Å². The molecule has 2 N–H and O–H groups in total. The first-order valence-corrected chi connectivity index (χ1v) is 10.1. The maximum Gasteiger partial charge on any atom is 0.417 e. The molecule has 156 valence electrons. The summed E-state index contributed by atoms with van der Waals surface area (Å²) < 4.78 is 45.7. The summed E-state index contributed by atoms with van der Waals surface area (Å²) >= 11 is 13.5. The fourth-order valence-electron chi connectivity index (χ4n) is 2.69. The van der Waals surface area contributed by atoms with Crippen LogP contribution < -0.4 is 10.5 Å². The Morgan fingerprint density at radius 1 is 1.07 bits per heavy atom. The summed E-state index contributed by atoms with van der Waals surface area (Å²) in [5, 5.41) is 9.46. The Hall–Kier alpha value is -2.40. The number of alkyl halides is 3. The zero-order chi connectivity index (χ0) is 21.5. The molecule has 0 aliphatic rings. The summed E-state index contributed by atoms with van der Waals surface area (Å²) in [6.45, 7) is 0.748. The van der Waals surface area contributed by atoms with E-state index in [9.17, 15) is 13.2 Å². The lowest BCUT2D eigenvalue weighted by atomic mass is 10.2. The van der Waals surface area contributed by atoms with Gasteiger partial charge < -0.3 is 14.9 Å². The zero-order valence-electron chi connectivity index (χ0n) is 15.0. The van der Waals surface area contributed by atoms with Crippen molar-refractivity contribution in [1.82, 2.24) is 19.6 Å². The third-order valence-electron chi connectivity index (χ3n) is 4.04. The Kier molecular flexibility index (Phi) is 5.58. The number of halogens is 5. The molecule has 3 heterocycles. The fraction of sp³-hybridized carbons (Fsp3) is 0.167. The van der Waals surface area contributed by atoms with Gasteiger partial charge in [-0.1, -0.05) is 34.5 Å². The van der Waals surface area contributed by atoms with Gasteiger partial charge in [0.25, 0.3) is 0 Å². The van der Waals surface area contributed by atoms with Gasteiger partial charge in [0.15, 0.2) is 10.7 Å². The third-order valence-corrected chi connectivity index (χ3v) is 5.61. The van der Waals surface area contributed by atoms with Gasteiger partial charge in [-0.25, -0.2) is 4.98 Å². The van der Waals surface area contributed by atoms with Gasteiger partial charge in [0, 0.05) is 24.5 Å². The quantitative estimate of drug-likeness (QED) is 0.431. The molecule has 0 aliphatic heterocycles. The number of nitrogens with two attached hydrogens (primary N) is 1. The number of pyridine rings is 1. The fourth-order valence-corrected chi connectivity index (χ4v) is 4.10. The average molecular weight is 474 g/mol. The van der Waals surface area contributed by atoms with Crippen molar-refractivity contribution in [2.24, 2.45) is 5.73 Å². The van der Waals surface area contributed by atoms with Gasteiger partial charge >= 0.3 is 6.18 Å². The van der Waals surface area contributed by atoms with E-state index in [0.717, 1.165) is 12.3 Å². The maximum absolute atomic E-state index is 13.0. The first-order chi connectivity index (χ1) is 14.3. The van der Waals surface area contributed by atoms with Gasteiger partial charge in [-0.2, -0.15) is 13.2 Å². The Morgan fingerprint density at radius 3 is 2.53 bits per heavy atom. The van der Waals surface area contributed by atoms with Gasteiger partial charge in [0.1, 0.15) is 23.1 Å². The highest BCUT2D eigenvalue weighted by molar-refractivity contribution is 7.18. The van der Waals surface area contributed by atoms with Gasteiger partial charge in [-0.05, 0) is 24.3 Å². The van der Waals surface area contributed by atoms with E-state index in [1.165, 1.54) is 21.9 Å². The first kappa shape index (κ1) is 20.9. The van der Waals surface area contributed by atoms with Crippen LogP contribution in [0.1, 0.15) is 5.56 Å². The molecule has 30 heavy (non-hydrogen) atoms. The lowest BCUT2D eigenvalue weighted by molar-refractivity contribution is -0.137. The highest BCUT2D eigenvalue weighted by Crippen LogP contribution is 2.37. The van der Waals surface area contributed by atoms with Crippen molar-refractivity contribution in [3.05, 3.63) is 52.3 Å². The van der Waals surface area contributed by atoms with Crippen LogP contribution in [-0.2, 0) is 6.18 Å². The predicted molar refractivity (Wildman–Crippen MR) is 109 cm³/mol. The molecule has 1 aromatic carbocycles. The summed E-state index contributed by atoms with van der Waals surface area (Å²) in [5.74, 6) is 0.578. The van der Waals surface area contributed by atoms with E-state index in [2.05, 4.69) is 15.2 Å². The first-order valence-electron chi connectivity index (χ1n) is 8.48. The topological polar surface area (TPSA) is 78.3 Å². The minimum atomic E-state index is -4.52. The lowest BCUT2D eigenvalue weighted by Gasteiger charge is -2.07. The zero-order valence-corrected chi connectivity index (χ0v) is 17.3. The highest BCUT2D eigenvalue weighted by Gasteiger charge is 2.32. The molecule has 4 aromatic rings. The summed E-state index contributed by atoms with van der Waals surface area (Å²) in [4.78, 5) is 4.29. The third kappa shape index (κ3) is 4.08. The molecule has 0 atom stereocenters. The Labute approximate surface area is 182 Å². The summed E-state index contributed by atoms with van der Waals surface area (Å²) in [6, 6.07) is 5.97. The van der Waals surface area contributed by atoms with E-state index in [-0.39, 0.29) is 10.7 Å². The SMILES string of the molecule is NCCOc1ccc(-c2nnc(-c3cn4cc(C(F)(F)F)cc(Cl)c4n3)s2)c(Cl)c1. The van der Waals surface area contributed by atoms with E-state index in [1.807, 2.05) is 0 Å². The summed E-state index contributed by atoms with van der Waals surface area (Å²) in [6.07, 6.45) is -2.17. The van der Waals surface area contributed by atoms with Crippen LogP contribution in [0.2, 0.25) is 10.0 Å². The molecule has 12 heteroatoms. The van der Waals surface area contributed by atoms with Crippen LogP contribution >= 0.6 is 34.5 Å². The monoisotopic (exact) mass is 473 g/mol. The normalized spacial score (nSPS) is 11.9. The van der Waals surface area contributed by atoms with Crippen LogP contribution in [0.3, 0.4) is 0 Å². The van der Waals surface area contributed by atoms with E-state index < -0.39 is 11.7 Å². The molecule has 0 saturated heterocycles. The van der Waals surface area contributed by atoms with Crippen LogP contribution in [0.15, 0.2) is 36.7 Å². The molecule has 4 rings (SSSR count). The van der Waals surface area contributed by atoms with Crippen molar-refractivity contribution >= 4 is 40.2 Å². The molecule has 0 spiro atoms. The van der Waals surface area contributed by atoms with Crippen molar-refractivity contribution in [1.29, 1.82) is 0 Å². The van der Waals surface area contributed by atoms with Crippen molar-refractivity contribution < 1.29 is 17.9 Å².